The third-order valence-corrected chi connectivity index (χ3v) is 4.66. The van der Waals surface area contributed by atoms with E-state index < -0.39 is 0 Å². The predicted molar refractivity (Wildman–Crippen MR) is 115 cm³/mol. The Morgan fingerprint density at radius 1 is 0.929 bits per heavy atom. The zero-order valence-electron chi connectivity index (χ0n) is 15.3. The first-order chi connectivity index (χ1) is 13.5. The fourth-order valence-corrected chi connectivity index (χ4v) is 3.05. The van der Waals surface area contributed by atoms with Gasteiger partial charge in [0.25, 0.3) is 0 Å². The van der Waals surface area contributed by atoms with Gasteiger partial charge in [0.2, 0.25) is 5.91 Å². The lowest BCUT2D eigenvalue weighted by Gasteiger charge is -2.14. The molecule has 3 aromatic rings. The van der Waals surface area contributed by atoms with Crippen LogP contribution in [0.1, 0.15) is 18.1 Å². The Hall–Kier alpha value is -2.69. The summed E-state index contributed by atoms with van der Waals surface area (Å²) >= 11 is 12.4. The van der Waals surface area contributed by atoms with Crippen LogP contribution in [0.3, 0.4) is 0 Å². The number of nitrogens with one attached hydrogen (secondary N) is 2. The molecule has 28 heavy (non-hydrogen) atoms. The van der Waals surface area contributed by atoms with Crippen LogP contribution in [0.5, 0.6) is 5.75 Å². The van der Waals surface area contributed by atoms with E-state index in [4.69, 9.17) is 27.9 Å². The van der Waals surface area contributed by atoms with Gasteiger partial charge < -0.3 is 15.4 Å². The van der Waals surface area contributed by atoms with Crippen LogP contribution in [0.2, 0.25) is 10.0 Å². The van der Waals surface area contributed by atoms with E-state index in [1.165, 1.54) is 6.92 Å². The zero-order valence-corrected chi connectivity index (χ0v) is 16.8. The molecule has 0 aliphatic rings. The van der Waals surface area contributed by atoms with Crippen molar-refractivity contribution >= 4 is 40.5 Å². The van der Waals surface area contributed by atoms with Crippen molar-refractivity contribution in [3.05, 3.63) is 87.9 Å². The molecule has 2 N–H and O–H groups in total. The van der Waals surface area contributed by atoms with E-state index in [1.807, 2.05) is 60.7 Å². The first kappa shape index (κ1) is 20.1. The predicted octanol–water partition coefficient (Wildman–Crippen LogP) is 6.14. The molecule has 0 aliphatic heterocycles. The van der Waals surface area contributed by atoms with Crippen LogP contribution in [0, 0.1) is 0 Å². The van der Waals surface area contributed by atoms with Crippen LogP contribution in [-0.4, -0.2) is 5.91 Å². The lowest BCUT2D eigenvalue weighted by atomic mass is 10.2. The smallest absolute Gasteiger partial charge is 0.221 e. The van der Waals surface area contributed by atoms with E-state index >= 15 is 0 Å². The maximum atomic E-state index is 11.1. The maximum Gasteiger partial charge on any atom is 0.221 e. The largest absolute Gasteiger partial charge is 0.488 e. The van der Waals surface area contributed by atoms with Crippen molar-refractivity contribution < 1.29 is 9.53 Å². The molecule has 0 bridgehead atoms. The van der Waals surface area contributed by atoms with Crippen LogP contribution >= 0.6 is 23.2 Å². The molecule has 0 fully saturated rings. The molecular formula is C22H20Cl2N2O2. The van der Waals surface area contributed by atoms with Crippen molar-refractivity contribution in [1.82, 2.24) is 0 Å². The Balaban J connectivity index is 1.67. The molecule has 6 heteroatoms. The van der Waals surface area contributed by atoms with E-state index in [2.05, 4.69) is 10.6 Å². The summed E-state index contributed by atoms with van der Waals surface area (Å²) in [5, 5.41) is 7.40. The lowest BCUT2D eigenvalue weighted by Crippen LogP contribution is -2.06. The average molecular weight is 415 g/mol. The number of carbonyl (C=O) groups is 1. The van der Waals surface area contributed by atoms with Gasteiger partial charge in [-0.1, -0.05) is 41.4 Å². The van der Waals surface area contributed by atoms with Crippen LogP contribution < -0.4 is 15.4 Å². The monoisotopic (exact) mass is 414 g/mol. The molecule has 0 saturated heterocycles. The molecule has 3 rings (SSSR count). The molecular weight excluding hydrogens is 395 g/mol. The van der Waals surface area contributed by atoms with Crippen LogP contribution in [0.15, 0.2) is 66.7 Å². The zero-order chi connectivity index (χ0) is 19.9. The molecule has 0 unspecified atom stereocenters. The van der Waals surface area contributed by atoms with E-state index in [1.54, 1.807) is 6.07 Å². The molecule has 0 saturated carbocycles. The summed E-state index contributed by atoms with van der Waals surface area (Å²) in [5.74, 6) is 0.645. The highest BCUT2D eigenvalue weighted by Crippen LogP contribution is 2.26. The minimum Gasteiger partial charge on any atom is -0.488 e. The second-order valence-electron chi connectivity index (χ2n) is 6.24. The Morgan fingerprint density at radius 3 is 2.36 bits per heavy atom. The van der Waals surface area contributed by atoms with Crippen LogP contribution in [-0.2, 0) is 17.9 Å². The number of carbonyl (C=O) groups excluding carboxylic acids is 1. The lowest BCUT2D eigenvalue weighted by molar-refractivity contribution is -0.114. The minimum atomic E-state index is -0.0973. The van der Waals surface area contributed by atoms with Crippen molar-refractivity contribution in [2.24, 2.45) is 0 Å². The second-order valence-corrected chi connectivity index (χ2v) is 7.09. The van der Waals surface area contributed by atoms with Crippen molar-refractivity contribution in [2.45, 2.75) is 20.1 Å². The highest BCUT2D eigenvalue weighted by atomic mass is 35.5. The summed E-state index contributed by atoms with van der Waals surface area (Å²) in [6.45, 7) is 2.40. The Morgan fingerprint density at radius 2 is 1.64 bits per heavy atom. The minimum absolute atomic E-state index is 0.0973. The maximum absolute atomic E-state index is 11.1. The number of hydrogen-bond acceptors (Lipinski definition) is 3. The number of benzene rings is 3. The molecule has 0 spiro atoms. The quantitative estimate of drug-likeness (QED) is 0.487. The summed E-state index contributed by atoms with van der Waals surface area (Å²) in [4.78, 5) is 11.1. The Kier molecular flexibility index (Phi) is 6.80. The van der Waals surface area contributed by atoms with Gasteiger partial charge >= 0.3 is 0 Å². The Bertz CT molecular complexity index is 959. The highest BCUT2D eigenvalue weighted by molar-refractivity contribution is 6.31. The van der Waals surface area contributed by atoms with Crippen molar-refractivity contribution in [1.29, 1.82) is 0 Å². The normalized spacial score (nSPS) is 10.4. The number of hydrogen-bond donors (Lipinski definition) is 2. The number of rotatable bonds is 7. The third-order valence-electron chi connectivity index (χ3n) is 4.05. The molecule has 4 nitrogen and oxygen atoms in total. The molecule has 144 valence electrons. The van der Waals surface area contributed by atoms with Crippen molar-refractivity contribution in [3.8, 4) is 5.75 Å². The summed E-state index contributed by atoms with van der Waals surface area (Å²) in [7, 11) is 0. The summed E-state index contributed by atoms with van der Waals surface area (Å²) in [6.07, 6.45) is 0. The van der Waals surface area contributed by atoms with Crippen molar-refractivity contribution in [2.75, 3.05) is 10.6 Å². The van der Waals surface area contributed by atoms with Gasteiger partial charge in [-0.3, -0.25) is 4.79 Å². The van der Waals surface area contributed by atoms with Gasteiger partial charge in [0.15, 0.2) is 0 Å². The van der Waals surface area contributed by atoms with Crippen LogP contribution in [0.4, 0.5) is 11.4 Å². The van der Waals surface area contributed by atoms with E-state index in [9.17, 15) is 4.79 Å². The summed E-state index contributed by atoms with van der Waals surface area (Å²) in [6, 6.07) is 20.6. The number of ether oxygens (including phenoxy) is 1. The average Bonchev–Trinajstić information content (AvgIpc) is 2.67. The number of amides is 1. The van der Waals surface area contributed by atoms with Gasteiger partial charge in [0.1, 0.15) is 12.4 Å². The van der Waals surface area contributed by atoms with E-state index in [0.717, 1.165) is 28.3 Å². The van der Waals surface area contributed by atoms with Gasteiger partial charge in [0.05, 0.1) is 0 Å². The molecule has 0 aliphatic carbocycles. The first-order valence-corrected chi connectivity index (χ1v) is 9.53. The SMILES string of the molecule is CC(=O)Nc1ccc(NCc2cc(Cl)ccc2OCc2ccccc2Cl)cc1. The van der Waals surface area contributed by atoms with Gasteiger partial charge in [-0.15, -0.1) is 0 Å². The van der Waals surface area contributed by atoms with Gasteiger partial charge in [-0.2, -0.15) is 0 Å². The third kappa shape index (κ3) is 5.65. The topological polar surface area (TPSA) is 50.4 Å². The first-order valence-electron chi connectivity index (χ1n) is 8.77. The van der Waals surface area contributed by atoms with E-state index in [-0.39, 0.29) is 5.91 Å². The second kappa shape index (κ2) is 9.49. The highest BCUT2D eigenvalue weighted by Gasteiger charge is 2.07. The van der Waals surface area contributed by atoms with Crippen molar-refractivity contribution in [3.63, 3.8) is 0 Å². The summed E-state index contributed by atoms with van der Waals surface area (Å²) in [5.41, 5.74) is 3.53. The number of anilines is 2. The van der Waals surface area contributed by atoms with E-state index in [0.29, 0.717) is 23.2 Å². The Labute approximate surface area is 174 Å². The summed E-state index contributed by atoms with van der Waals surface area (Å²) < 4.78 is 5.98. The molecule has 0 radical (unpaired) electrons. The molecule has 0 aromatic heterocycles. The fraction of sp³-hybridized carbons (Fsp3) is 0.136. The molecule has 3 aromatic carbocycles. The molecule has 1 amide bonds. The molecule has 0 heterocycles. The molecule has 0 atom stereocenters. The number of halogens is 2. The van der Waals surface area contributed by atoms with Crippen LogP contribution in [0.25, 0.3) is 0 Å². The van der Waals surface area contributed by atoms with Gasteiger partial charge in [-0.05, 0) is 48.5 Å². The van der Waals surface area contributed by atoms with Gasteiger partial charge in [0, 0.05) is 46.0 Å². The van der Waals surface area contributed by atoms with Gasteiger partial charge in [-0.25, -0.2) is 0 Å². The standard InChI is InChI=1S/C22H20Cl2N2O2/c1-15(27)26-20-9-7-19(8-10-20)25-13-17-12-18(23)6-11-22(17)28-14-16-4-2-3-5-21(16)24/h2-12,25H,13-14H2,1H3,(H,26,27). The fourth-order valence-electron chi connectivity index (χ4n) is 2.67.